The van der Waals surface area contributed by atoms with Crippen molar-refractivity contribution in [3.05, 3.63) is 47.4 Å². The summed E-state index contributed by atoms with van der Waals surface area (Å²) in [7, 11) is 0. The molecule has 0 spiro atoms. The number of rotatable bonds is 2. The Morgan fingerprint density at radius 3 is 3.00 bits per heavy atom. The Morgan fingerprint density at radius 1 is 1.29 bits per heavy atom. The van der Waals surface area contributed by atoms with Crippen molar-refractivity contribution < 1.29 is 5.11 Å². The molecule has 0 saturated heterocycles. The molecule has 0 saturated carbocycles. The van der Waals surface area contributed by atoms with Gasteiger partial charge in [0, 0.05) is 29.3 Å². The molecule has 4 N–H and O–H groups in total. The number of nitrogens with one attached hydrogen (secondary N) is 1. The van der Waals surface area contributed by atoms with Crippen LogP contribution in [0.1, 0.15) is 29.3 Å². The highest BCUT2D eigenvalue weighted by Gasteiger charge is 2.22. The van der Waals surface area contributed by atoms with E-state index < -0.39 is 0 Å². The standard InChI is InChI=1S/C16H16N4O/c17-12-3-1-9-10(12)2-4-13-11(9)7-14(20-13)16-15(8-21)18-5-6-19-16/h2,4-7,12,20-21H,1,3,8,17H2/t12-/m1/s1. The van der Waals surface area contributed by atoms with Crippen molar-refractivity contribution in [2.75, 3.05) is 0 Å². The minimum absolute atomic E-state index is 0.123. The molecule has 106 valence electrons. The molecule has 3 aromatic rings. The lowest BCUT2D eigenvalue weighted by Crippen LogP contribution is -2.04. The van der Waals surface area contributed by atoms with Crippen molar-refractivity contribution in [1.29, 1.82) is 0 Å². The van der Waals surface area contributed by atoms with Crippen molar-refractivity contribution in [3.8, 4) is 11.4 Å². The molecule has 0 amide bonds. The summed E-state index contributed by atoms with van der Waals surface area (Å²) in [5.41, 5.74) is 12.0. The van der Waals surface area contributed by atoms with Gasteiger partial charge >= 0.3 is 0 Å². The first kappa shape index (κ1) is 12.5. The van der Waals surface area contributed by atoms with E-state index in [1.807, 2.05) is 0 Å². The van der Waals surface area contributed by atoms with Crippen LogP contribution in [-0.4, -0.2) is 20.1 Å². The van der Waals surface area contributed by atoms with Crippen LogP contribution in [0.5, 0.6) is 0 Å². The Hall–Kier alpha value is -2.24. The summed E-state index contributed by atoms with van der Waals surface area (Å²) < 4.78 is 0. The molecule has 5 heteroatoms. The van der Waals surface area contributed by atoms with Crippen LogP contribution >= 0.6 is 0 Å². The van der Waals surface area contributed by atoms with Crippen LogP contribution in [0.25, 0.3) is 22.3 Å². The van der Waals surface area contributed by atoms with E-state index in [2.05, 4.69) is 33.2 Å². The second kappa shape index (κ2) is 4.65. The van der Waals surface area contributed by atoms with Crippen molar-refractivity contribution in [1.82, 2.24) is 15.0 Å². The largest absolute Gasteiger partial charge is 0.390 e. The number of hydrogen-bond acceptors (Lipinski definition) is 4. The maximum absolute atomic E-state index is 9.41. The summed E-state index contributed by atoms with van der Waals surface area (Å²) in [5.74, 6) is 0. The fourth-order valence-corrected chi connectivity index (χ4v) is 3.20. The zero-order valence-corrected chi connectivity index (χ0v) is 11.5. The zero-order chi connectivity index (χ0) is 14.4. The Labute approximate surface area is 121 Å². The number of aromatic amines is 1. The quantitative estimate of drug-likeness (QED) is 0.670. The van der Waals surface area contributed by atoms with E-state index in [1.165, 1.54) is 16.5 Å². The minimum Gasteiger partial charge on any atom is -0.390 e. The molecule has 1 aromatic carbocycles. The summed E-state index contributed by atoms with van der Waals surface area (Å²) in [6, 6.07) is 6.42. The van der Waals surface area contributed by atoms with E-state index in [9.17, 15) is 5.11 Å². The molecule has 2 heterocycles. The lowest BCUT2D eigenvalue weighted by atomic mass is 10.0. The first-order valence-electron chi connectivity index (χ1n) is 7.09. The fourth-order valence-electron chi connectivity index (χ4n) is 3.20. The monoisotopic (exact) mass is 280 g/mol. The number of aliphatic hydroxyl groups excluding tert-OH is 1. The number of aryl methyl sites for hydroxylation is 1. The van der Waals surface area contributed by atoms with Crippen LogP contribution < -0.4 is 5.73 Å². The van der Waals surface area contributed by atoms with Crippen LogP contribution in [0.3, 0.4) is 0 Å². The smallest absolute Gasteiger partial charge is 0.110 e. The predicted molar refractivity (Wildman–Crippen MR) is 80.5 cm³/mol. The van der Waals surface area contributed by atoms with Crippen molar-refractivity contribution in [2.45, 2.75) is 25.5 Å². The normalized spacial score (nSPS) is 17.3. The van der Waals surface area contributed by atoms with E-state index in [-0.39, 0.29) is 12.6 Å². The molecule has 21 heavy (non-hydrogen) atoms. The summed E-state index contributed by atoms with van der Waals surface area (Å²) >= 11 is 0. The Balaban J connectivity index is 1.92. The summed E-state index contributed by atoms with van der Waals surface area (Å²) in [5, 5.41) is 10.6. The van der Waals surface area contributed by atoms with E-state index in [4.69, 9.17) is 5.73 Å². The molecule has 1 aliphatic carbocycles. The van der Waals surface area contributed by atoms with E-state index in [0.717, 1.165) is 24.1 Å². The molecular formula is C16H16N4O. The van der Waals surface area contributed by atoms with Gasteiger partial charge in [-0.15, -0.1) is 0 Å². The summed E-state index contributed by atoms with van der Waals surface area (Å²) in [6.07, 6.45) is 5.25. The third-order valence-corrected chi connectivity index (χ3v) is 4.24. The highest BCUT2D eigenvalue weighted by molar-refractivity contribution is 5.89. The SMILES string of the molecule is N[C@@H]1CCc2c1ccc1[nH]c(-c3nccnc3CO)cc21. The minimum atomic E-state index is -0.123. The number of hydrogen-bond donors (Lipinski definition) is 3. The fraction of sp³-hybridized carbons (Fsp3) is 0.250. The maximum atomic E-state index is 9.41. The van der Waals surface area contributed by atoms with Crippen LogP contribution in [-0.2, 0) is 13.0 Å². The second-order valence-corrected chi connectivity index (χ2v) is 5.43. The van der Waals surface area contributed by atoms with Gasteiger partial charge in [0.15, 0.2) is 0 Å². The van der Waals surface area contributed by atoms with Crippen LogP contribution in [0, 0.1) is 0 Å². The Morgan fingerprint density at radius 2 is 2.14 bits per heavy atom. The molecule has 5 nitrogen and oxygen atoms in total. The number of nitrogens with two attached hydrogens (primary N) is 1. The topological polar surface area (TPSA) is 87.8 Å². The first-order valence-corrected chi connectivity index (χ1v) is 7.09. The average molecular weight is 280 g/mol. The molecule has 4 rings (SSSR count). The Kier molecular flexibility index (Phi) is 2.77. The van der Waals surface area contributed by atoms with Crippen LogP contribution in [0.2, 0.25) is 0 Å². The third kappa shape index (κ3) is 1.86. The number of fused-ring (bicyclic) bond motifs is 3. The van der Waals surface area contributed by atoms with Crippen LogP contribution in [0.15, 0.2) is 30.6 Å². The number of aromatic nitrogens is 3. The van der Waals surface area contributed by atoms with Gasteiger partial charge in [-0.1, -0.05) is 6.07 Å². The van der Waals surface area contributed by atoms with Gasteiger partial charge in [0.2, 0.25) is 0 Å². The molecule has 0 fully saturated rings. The molecule has 1 aliphatic rings. The summed E-state index contributed by atoms with van der Waals surface area (Å²) in [4.78, 5) is 11.9. The highest BCUT2D eigenvalue weighted by atomic mass is 16.3. The van der Waals surface area contributed by atoms with Gasteiger partial charge in [0.25, 0.3) is 0 Å². The van der Waals surface area contributed by atoms with Gasteiger partial charge in [0.05, 0.1) is 18.0 Å². The van der Waals surface area contributed by atoms with E-state index >= 15 is 0 Å². The van der Waals surface area contributed by atoms with Crippen molar-refractivity contribution >= 4 is 10.9 Å². The van der Waals surface area contributed by atoms with Gasteiger partial charge < -0.3 is 15.8 Å². The third-order valence-electron chi connectivity index (χ3n) is 4.24. The number of aliphatic hydroxyl groups is 1. The summed E-state index contributed by atoms with van der Waals surface area (Å²) in [6.45, 7) is -0.123. The van der Waals surface area contributed by atoms with Gasteiger partial charge in [0.1, 0.15) is 5.69 Å². The lowest BCUT2D eigenvalue weighted by molar-refractivity contribution is 0.277. The molecular weight excluding hydrogens is 264 g/mol. The van der Waals surface area contributed by atoms with E-state index in [0.29, 0.717) is 11.4 Å². The van der Waals surface area contributed by atoms with Gasteiger partial charge in [-0.25, -0.2) is 0 Å². The maximum Gasteiger partial charge on any atom is 0.110 e. The highest BCUT2D eigenvalue weighted by Crippen LogP contribution is 2.36. The number of nitrogens with zero attached hydrogens (tertiary/aromatic N) is 2. The number of H-pyrrole nitrogens is 1. The van der Waals surface area contributed by atoms with Crippen molar-refractivity contribution in [3.63, 3.8) is 0 Å². The first-order chi connectivity index (χ1) is 10.3. The molecule has 2 aromatic heterocycles. The lowest BCUT2D eigenvalue weighted by Gasteiger charge is -2.04. The van der Waals surface area contributed by atoms with E-state index in [1.54, 1.807) is 12.4 Å². The molecule has 0 unspecified atom stereocenters. The Bertz CT molecular complexity index is 824. The molecule has 0 aliphatic heterocycles. The van der Waals surface area contributed by atoms with Crippen molar-refractivity contribution in [2.24, 2.45) is 5.73 Å². The second-order valence-electron chi connectivity index (χ2n) is 5.43. The molecule has 1 atom stereocenters. The number of benzene rings is 1. The molecule has 0 radical (unpaired) electrons. The van der Waals surface area contributed by atoms with Gasteiger partial charge in [-0.05, 0) is 36.1 Å². The average Bonchev–Trinajstić information content (AvgIpc) is 3.10. The molecule has 0 bridgehead atoms. The zero-order valence-electron chi connectivity index (χ0n) is 11.5. The van der Waals surface area contributed by atoms with Gasteiger partial charge in [-0.2, -0.15) is 0 Å². The van der Waals surface area contributed by atoms with Gasteiger partial charge in [-0.3, -0.25) is 9.97 Å². The predicted octanol–water partition coefficient (Wildman–Crippen LogP) is 2.06. The van der Waals surface area contributed by atoms with Crippen LogP contribution in [0.4, 0.5) is 0 Å².